The number of carbonyl (C=O) groups excluding carboxylic acids is 1. The molecule has 26 heavy (non-hydrogen) atoms. The molecule has 1 aromatic carbocycles. The van der Waals surface area contributed by atoms with Crippen LogP contribution in [0.4, 0.5) is 0 Å². The summed E-state index contributed by atoms with van der Waals surface area (Å²) in [6.45, 7) is 1.56. The van der Waals surface area contributed by atoms with E-state index < -0.39 is 0 Å². The molecule has 1 unspecified atom stereocenters. The lowest BCUT2D eigenvalue weighted by molar-refractivity contribution is 0.0725. The van der Waals surface area contributed by atoms with Crippen molar-refractivity contribution in [3.63, 3.8) is 0 Å². The molecule has 1 atom stereocenters. The van der Waals surface area contributed by atoms with E-state index in [9.17, 15) is 4.79 Å². The topological polar surface area (TPSA) is 63.1 Å². The Hall–Kier alpha value is -2.51. The fourth-order valence-electron chi connectivity index (χ4n) is 3.40. The highest BCUT2D eigenvalue weighted by molar-refractivity contribution is 7.13. The summed E-state index contributed by atoms with van der Waals surface area (Å²) >= 11 is 1.59. The highest BCUT2D eigenvalue weighted by atomic mass is 32.1. The van der Waals surface area contributed by atoms with Crippen molar-refractivity contribution >= 4 is 17.2 Å². The van der Waals surface area contributed by atoms with Crippen molar-refractivity contribution < 1.29 is 4.79 Å². The van der Waals surface area contributed by atoms with Crippen LogP contribution in [0.2, 0.25) is 0 Å². The van der Waals surface area contributed by atoms with Crippen molar-refractivity contribution in [1.29, 1.82) is 0 Å². The molecule has 1 N–H and O–H groups in total. The van der Waals surface area contributed by atoms with Crippen LogP contribution in [-0.2, 0) is 0 Å². The molecule has 0 radical (unpaired) electrons. The summed E-state index contributed by atoms with van der Waals surface area (Å²) in [5, 5.41) is 9.75. The summed E-state index contributed by atoms with van der Waals surface area (Å²) in [5.74, 6) is 0.884. The lowest BCUT2D eigenvalue weighted by Gasteiger charge is -2.23. The second-order valence-electron chi connectivity index (χ2n) is 6.34. The second kappa shape index (κ2) is 7.39. The Morgan fingerprint density at radius 2 is 2.12 bits per heavy atom. The summed E-state index contributed by atoms with van der Waals surface area (Å²) in [5.41, 5.74) is 0.899. The summed E-state index contributed by atoms with van der Waals surface area (Å²) < 4.78 is 1.77. The van der Waals surface area contributed by atoms with E-state index in [-0.39, 0.29) is 17.8 Å². The number of benzene rings is 1. The number of likely N-dealkylation sites (N-methyl/N-ethyl adjacent to an activating group) is 1. The number of nitrogens with one attached hydrogen (secondary N) is 1. The van der Waals surface area contributed by atoms with Crippen molar-refractivity contribution in [2.75, 3.05) is 20.1 Å². The van der Waals surface area contributed by atoms with Gasteiger partial charge in [-0.05, 0) is 43.5 Å². The van der Waals surface area contributed by atoms with E-state index in [4.69, 9.17) is 0 Å². The summed E-state index contributed by atoms with van der Waals surface area (Å²) in [6, 6.07) is 14.0. The van der Waals surface area contributed by atoms with Crippen molar-refractivity contribution in [1.82, 2.24) is 25.0 Å². The number of nitrogens with zero attached hydrogens (tertiary/aromatic N) is 4. The van der Waals surface area contributed by atoms with Crippen molar-refractivity contribution in [2.24, 2.45) is 0 Å². The average molecular weight is 367 g/mol. The highest BCUT2D eigenvalue weighted by Gasteiger charge is 2.32. The van der Waals surface area contributed by atoms with E-state index in [0.717, 1.165) is 36.5 Å². The van der Waals surface area contributed by atoms with Crippen molar-refractivity contribution in [2.45, 2.75) is 18.9 Å². The van der Waals surface area contributed by atoms with Gasteiger partial charge in [0.25, 0.3) is 5.91 Å². The first-order chi connectivity index (χ1) is 12.8. The van der Waals surface area contributed by atoms with Crippen LogP contribution < -0.4 is 5.32 Å². The second-order valence-corrected chi connectivity index (χ2v) is 7.28. The minimum absolute atomic E-state index is 0.0877. The Morgan fingerprint density at radius 1 is 1.27 bits per heavy atom. The maximum absolute atomic E-state index is 13.1. The Labute approximate surface area is 156 Å². The molecule has 3 heterocycles. The van der Waals surface area contributed by atoms with Gasteiger partial charge < -0.3 is 10.2 Å². The van der Waals surface area contributed by atoms with Crippen LogP contribution in [0.1, 0.15) is 23.5 Å². The molecule has 134 valence electrons. The summed E-state index contributed by atoms with van der Waals surface area (Å²) in [4.78, 5) is 20.6. The van der Waals surface area contributed by atoms with Crippen molar-refractivity contribution in [3.8, 4) is 16.4 Å². The molecule has 1 fully saturated rings. The number of para-hydroxylation sites is 1. The molecule has 3 aromatic rings. The molecular formula is C19H21N5OS. The standard InChI is InChI=1S/C19H21N5OS/c1-20-13-15-9-5-11-23(15)19(25)17-21-18(16-10-6-12-26-16)24(22-17)14-7-3-2-4-8-14/h2-4,6-8,10,12,15,20H,5,9,11,13H2,1H3. The van der Waals surface area contributed by atoms with Gasteiger partial charge in [0.15, 0.2) is 5.82 Å². The maximum atomic E-state index is 13.1. The number of hydrogen-bond acceptors (Lipinski definition) is 5. The molecule has 2 aromatic heterocycles. The number of thiophene rings is 1. The zero-order valence-corrected chi connectivity index (χ0v) is 15.4. The number of amides is 1. The first kappa shape index (κ1) is 16.9. The number of carbonyl (C=O) groups is 1. The third kappa shape index (κ3) is 3.15. The van der Waals surface area contributed by atoms with Gasteiger partial charge in [-0.2, -0.15) is 0 Å². The van der Waals surface area contributed by atoms with Gasteiger partial charge >= 0.3 is 0 Å². The molecule has 0 saturated carbocycles. The van der Waals surface area contributed by atoms with E-state index in [1.54, 1.807) is 16.0 Å². The van der Waals surface area contributed by atoms with E-state index in [1.807, 2.05) is 59.8 Å². The lowest BCUT2D eigenvalue weighted by Crippen LogP contribution is -2.41. The van der Waals surface area contributed by atoms with E-state index >= 15 is 0 Å². The molecule has 1 saturated heterocycles. The van der Waals surface area contributed by atoms with Gasteiger partial charge in [0, 0.05) is 19.1 Å². The van der Waals surface area contributed by atoms with Crippen LogP contribution in [0.5, 0.6) is 0 Å². The molecule has 4 rings (SSSR count). The Morgan fingerprint density at radius 3 is 2.85 bits per heavy atom. The van der Waals surface area contributed by atoms with Crippen molar-refractivity contribution in [3.05, 3.63) is 53.7 Å². The molecule has 1 amide bonds. The van der Waals surface area contributed by atoms with Gasteiger partial charge in [-0.25, -0.2) is 9.67 Å². The van der Waals surface area contributed by atoms with Crippen LogP contribution in [0.15, 0.2) is 47.8 Å². The van der Waals surface area contributed by atoms with Gasteiger partial charge in [-0.15, -0.1) is 16.4 Å². The first-order valence-corrected chi connectivity index (χ1v) is 9.68. The fourth-order valence-corrected chi connectivity index (χ4v) is 4.09. The smallest absolute Gasteiger partial charge is 0.293 e. The summed E-state index contributed by atoms with van der Waals surface area (Å²) in [7, 11) is 1.91. The molecular weight excluding hydrogens is 346 g/mol. The van der Waals surface area contributed by atoms with E-state index in [0.29, 0.717) is 5.82 Å². The minimum Gasteiger partial charge on any atom is -0.332 e. The van der Waals surface area contributed by atoms with Gasteiger partial charge in [0.2, 0.25) is 5.82 Å². The van der Waals surface area contributed by atoms with Crippen LogP contribution in [0.3, 0.4) is 0 Å². The number of likely N-dealkylation sites (tertiary alicyclic amines) is 1. The molecule has 6 nitrogen and oxygen atoms in total. The fraction of sp³-hybridized carbons (Fsp3) is 0.316. The third-order valence-electron chi connectivity index (χ3n) is 4.62. The molecule has 1 aliphatic rings. The van der Waals surface area contributed by atoms with Gasteiger partial charge in [-0.3, -0.25) is 4.79 Å². The quantitative estimate of drug-likeness (QED) is 0.753. The van der Waals surface area contributed by atoms with Gasteiger partial charge in [0.1, 0.15) is 0 Å². The molecule has 7 heteroatoms. The largest absolute Gasteiger partial charge is 0.332 e. The molecule has 0 spiro atoms. The molecule has 0 aliphatic carbocycles. The van der Waals surface area contributed by atoms with Crippen LogP contribution in [0, 0.1) is 0 Å². The highest BCUT2D eigenvalue weighted by Crippen LogP contribution is 2.26. The van der Waals surface area contributed by atoms with E-state index in [1.165, 1.54) is 0 Å². The normalized spacial score (nSPS) is 17.0. The number of rotatable bonds is 5. The number of aromatic nitrogens is 3. The van der Waals surface area contributed by atoms with Crippen LogP contribution >= 0.6 is 11.3 Å². The maximum Gasteiger partial charge on any atom is 0.293 e. The predicted octanol–water partition coefficient (Wildman–Crippen LogP) is 2.82. The van der Waals surface area contributed by atoms with Crippen LogP contribution in [0.25, 0.3) is 16.4 Å². The van der Waals surface area contributed by atoms with E-state index in [2.05, 4.69) is 15.4 Å². The molecule has 0 bridgehead atoms. The third-order valence-corrected chi connectivity index (χ3v) is 5.48. The monoisotopic (exact) mass is 367 g/mol. The van der Waals surface area contributed by atoms with Gasteiger partial charge in [-0.1, -0.05) is 24.3 Å². The zero-order chi connectivity index (χ0) is 17.9. The predicted molar refractivity (Wildman–Crippen MR) is 103 cm³/mol. The zero-order valence-electron chi connectivity index (χ0n) is 14.6. The minimum atomic E-state index is -0.0877. The summed E-state index contributed by atoms with van der Waals surface area (Å²) in [6.07, 6.45) is 2.04. The Balaban J connectivity index is 1.73. The first-order valence-electron chi connectivity index (χ1n) is 8.80. The van der Waals surface area contributed by atoms with Crippen LogP contribution in [-0.4, -0.2) is 51.8 Å². The SMILES string of the molecule is CNCC1CCCN1C(=O)c1nc(-c2cccs2)n(-c2ccccc2)n1. The van der Waals surface area contributed by atoms with Gasteiger partial charge in [0.05, 0.1) is 10.6 Å². The Bertz CT molecular complexity index is 875. The lowest BCUT2D eigenvalue weighted by atomic mass is 10.2. The average Bonchev–Trinajstić information content (AvgIpc) is 3.42. The Kier molecular flexibility index (Phi) is 4.81. The number of hydrogen-bond donors (Lipinski definition) is 1. The molecule has 1 aliphatic heterocycles.